The number of halogens is 4. The Morgan fingerprint density at radius 1 is 1.24 bits per heavy atom. The summed E-state index contributed by atoms with van der Waals surface area (Å²) < 4.78 is 52.7. The number of rotatable bonds is 3. The first-order chi connectivity index (χ1) is 13.8. The zero-order valence-corrected chi connectivity index (χ0v) is 15.7. The normalized spacial score (nSPS) is 19.7. The third kappa shape index (κ3) is 4.21. The molecule has 4 nitrogen and oxygen atoms in total. The minimum atomic E-state index is -4.57. The van der Waals surface area contributed by atoms with Gasteiger partial charge in [-0.15, -0.1) is 0 Å². The summed E-state index contributed by atoms with van der Waals surface area (Å²) in [5.41, 5.74) is 0.946. The molecule has 2 aromatic rings. The second kappa shape index (κ2) is 7.65. The van der Waals surface area contributed by atoms with Crippen molar-refractivity contribution >= 4 is 11.7 Å². The van der Waals surface area contributed by atoms with Gasteiger partial charge in [-0.1, -0.05) is 0 Å². The van der Waals surface area contributed by atoms with Crippen molar-refractivity contribution < 1.29 is 22.4 Å². The second-order valence-corrected chi connectivity index (χ2v) is 7.67. The molecule has 0 aliphatic carbocycles. The van der Waals surface area contributed by atoms with Gasteiger partial charge < -0.3 is 10.2 Å². The summed E-state index contributed by atoms with van der Waals surface area (Å²) in [4.78, 5) is 18.7. The van der Waals surface area contributed by atoms with Gasteiger partial charge in [0.15, 0.2) is 0 Å². The fraction of sp³-hybridized carbons (Fsp3) is 0.429. The highest BCUT2D eigenvalue weighted by molar-refractivity contribution is 5.97. The van der Waals surface area contributed by atoms with Crippen molar-refractivity contribution in [3.63, 3.8) is 0 Å². The lowest BCUT2D eigenvalue weighted by atomic mass is 9.90. The van der Waals surface area contributed by atoms with Gasteiger partial charge in [0.05, 0.1) is 5.56 Å². The van der Waals surface area contributed by atoms with E-state index < -0.39 is 17.6 Å². The van der Waals surface area contributed by atoms with Gasteiger partial charge in [-0.2, -0.15) is 13.2 Å². The van der Waals surface area contributed by atoms with Crippen molar-refractivity contribution in [2.24, 2.45) is 5.92 Å². The minimum Gasteiger partial charge on any atom is -0.356 e. The smallest absolute Gasteiger partial charge is 0.356 e. The third-order valence-corrected chi connectivity index (χ3v) is 5.57. The lowest BCUT2D eigenvalue weighted by molar-refractivity contribution is -0.137. The van der Waals surface area contributed by atoms with Crippen molar-refractivity contribution in [3.05, 3.63) is 58.5 Å². The number of nitrogens with zero attached hydrogens (tertiary/aromatic N) is 2. The predicted octanol–water partition coefficient (Wildman–Crippen LogP) is 3.98. The number of fused-ring (bicyclic) bond motifs is 1. The highest BCUT2D eigenvalue weighted by atomic mass is 19.4. The molecule has 1 amide bonds. The highest BCUT2D eigenvalue weighted by Gasteiger charge is 2.32. The zero-order valence-electron chi connectivity index (χ0n) is 15.7. The van der Waals surface area contributed by atoms with Gasteiger partial charge in [-0.3, -0.25) is 4.79 Å². The molecule has 0 radical (unpaired) electrons. The number of nitrogens with one attached hydrogen (secondary N) is 1. The Bertz CT molecular complexity index is 929. The van der Waals surface area contributed by atoms with Crippen LogP contribution in [0.15, 0.2) is 30.5 Å². The van der Waals surface area contributed by atoms with E-state index in [0.29, 0.717) is 43.1 Å². The molecule has 1 aromatic heterocycles. The van der Waals surface area contributed by atoms with Gasteiger partial charge in [0, 0.05) is 37.0 Å². The Balaban J connectivity index is 1.54. The van der Waals surface area contributed by atoms with E-state index in [4.69, 9.17) is 0 Å². The van der Waals surface area contributed by atoms with E-state index in [0.717, 1.165) is 36.8 Å². The molecule has 0 bridgehead atoms. The van der Waals surface area contributed by atoms with Gasteiger partial charge in [-0.05, 0) is 61.4 Å². The SMILES string of the molecule is O=C1NCCc2c1ccnc2N1CCC[C@H](Cc2cc(F)cc(C(F)(F)F)c2)C1. The Kier molecular flexibility index (Phi) is 5.19. The highest BCUT2D eigenvalue weighted by Crippen LogP contribution is 2.33. The molecule has 0 saturated carbocycles. The molecule has 1 saturated heterocycles. The molecule has 154 valence electrons. The van der Waals surface area contributed by atoms with Gasteiger partial charge in [0.1, 0.15) is 11.6 Å². The number of alkyl halides is 3. The van der Waals surface area contributed by atoms with E-state index >= 15 is 0 Å². The number of hydrogen-bond acceptors (Lipinski definition) is 3. The molecular weight excluding hydrogens is 386 g/mol. The fourth-order valence-corrected chi connectivity index (χ4v) is 4.30. The van der Waals surface area contributed by atoms with E-state index in [2.05, 4.69) is 15.2 Å². The Hall–Kier alpha value is -2.64. The summed E-state index contributed by atoms with van der Waals surface area (Å²) in [6, 6.07) is 4.46. The lowest BCUT2D eigenvalue weighted by Gasteiger charge is -2.35. The number of carbonyl (C=O) groups is 1. The van der Waals surface area contributed by atoms with Crippen molar-refractivity contribution in [1.29, 1.82) is 0 Å². The first-order valence-corrected chi connectivity index (χ1v) is 9.69. The number of anilines is 1. The van der Waals surface area contributed by atoms with Gasteiger partial charge in [-0.25, -0.2) is 9.37 Å². The standard InChI is InChI=1S/C21H21F4N3O/c22-16-10-14(9-15(11-16)21(23,24)25)8-13-2-1-7-28(12-13)19-17-3-6-27-20(29)18(17)4-5-26-19/h4-5,9-11,13H,1-3,6-8,12H2,(H,27,29)/t13-/m1/s1. The monoisotopic (exact) mass is 407 g/mol. The number of amides is 1. The molecule has 0 unspecified atom stereocenters. The number of hydrogen-bond donors (Lipinski definition) is 1. The van der Waals surface area contributed by atoms with Crippen LogP contribution in [0.4, 0.5) is 23.4 Å². The molecule has 2 aliphatic heterocycles. The van der Waals surface area contributed by atoms with Crippen LogP contribution in [0.5, 0.6) is 0 Å². The third-order valence-electron chi connectivity index (χ3n) is 5.57. The van der Waals surface area contributed by atoms with Gasteiger partial charge in [0.2, 0.25) is 0 Å². The van der Waals surface area contributed by atoms with E-state index in [-0.39, 0.29) is 11.8 Å². The van der Waals surface area contributed by atoms with E-state index in [1.54, 1.807) is 12.3 Å². The first kappa shape index (κ1) is 19.7. The zero-order chi connectivity index (χ0) is 20.6. The molecular formula is C21H21F4N3O. The van der Waals surface area contributed by atoms with Gasteiger partial charge in [0.25, 0.3) is 5.91 Å². The van der Waals surface area contributed by atoms with E-state index in [9.17, 15) is 22.4 Å². The molecule has 1 N–H and O–H groups in total. The summed E-state index contributed by atoms with van der Waals surface area (Å²) >= 11 is 0. The number of pyridine rings is 1. The Morgan fingerprint density at radius 2 is 2.07 bits per heavy atom. The van der Waals surface area contributed by atoms with Gasteiger partial charge >= 0.3 is 6.18 Å². The largest absolute Gasteiger partial charge is 0.416 e. The van der Waals surface area contributed by atoms with E-state index in [1.807, 2.05) is 0 Å². The van der Waals surface area contributed by atoms with E-state index in [1.165, 1.54) is 6.07 Å². The van der Waals surface area contributed by atoms with Crippen LogP contribution in [0.1, 0.15) is 39.9 Å². The molecule has 8 heteroatoms. The van der Waals surface area contributed by atoms with Crippen LogP contribution in [-0.4, -0.2) is 30.5 Å². The minimum absolute atomic E-state index is 0.0849. The Morgan fingerprint density at radius 3 is 2.86 bits per heavy atom. The van der Waals surface area contributed by atoms with Crippen LogP contribution in [0.3, 0.4) is 0 Å². The maximum Gasteiger partial charge on any atom is 0.416 e. The van der Waals surface area contributed by atoms with Crippen molar-refractivity contribution in [1.82, 2.24) is 10.3 Å². The van der Waals surface area contributed by atoms with Crippen molar-refractivity contribution in [3.8, 4) is 0 Å². The summed E-state index contributed by atoms with van der Waals surface area (Å²) in [6.07, 6.45) is -0.168. The quantitative estimate of drug-likeness (QED) is 0.783. The number of aromatic nitrogens is 1. The maximum absolute atomic E-state index is 13.7. The molecule has 4 rings (SSSR count). The average molecular weight is 407 g/mol. The van der Waals surface area contributed by atoms with Crippen LogP contribution < -0.4 is 10.2 Å². The van der Waals surface area contributed by atoms with Crippen LogP contribution >= 0.6 is 0 Å². The molecule has 1 atom stereocenters. The van der Waals surface area contributed by atoms with Crippen LogP contribution in [-0.2, 0) is 19.0 Å². The van der Waals surface area contributed by atoms with Crippen LogP contribution in [0.25, 0.3) is 0 Å². The summed E-state index contributed by atoms with van der Waals surface area (Å²) in [5, 5.41) is 2.82. The van der Waals surface area contributed by atoms with Crippen LogP contribution in [0.2, 0.25) is 0 Å². The number of carbonyl (C=O) groups excluding carboxylic acids is 1. The first-order valence-electron chi connectivity index (χ1n) is 9.69. The second-order valence-electron chi connectivity index (χ2n) is 7.67. The summed E-state index contributed by atoms with van der Waals surface area (Å²) in [7, 11) is 0. The van der Waals surface area contributed by atoms with Crippen molar-refractivity contribution in [2.75, 3.05) is 24.5 Å². The number of piperidine rings is 1. The predicted molar refractivity (Wildman–Crippen MR) is 100 cm³/mol. The lowest BCUT2D eigenvalue weighted by Crippen LogP contribution is -2.39. The molecule has 0 spiro atoms. The topological polar surface area (TPSA) is 45.2 Å². The molecule has 3 heterocycles. The molecule has 1 aromatic carbocycles. The molecule has 1 fully saturated rings. The molecule has 2 aliphatic rings. The van der Waals surface area contributed by atoms with Crippen molar-refractivity contribution in [2.45, 2.75) is 31.9 Å². The molecule has 29 heavy (non-hydrogen) atoms. The average Bonchev–Trinajstić information content (AvgIpc) is 2.67. The fourth-order valence-electron chi connectivity index (χ4n) is 4.30. The van der Waals surface area contributed by atoms with Crippen LogP contribution in [0, 0.1) is 11.7 Å². The number of benzene rings is 1. The maximum atomic E-state index is 13.7. The summed E-state index contributed by atoms with van der Waals surface area (Å²) in [6.45, 7) is 1.95. The summed E-state index contributed by atoms with van der Waals surface area (Å²) in [5.74, 6) is -0.117. The Labute approximate surface area is 165 Å².